The highest BCUT2D eigenvalue weighted by Gasteiger charge is 2.07. The van der Waals surface area contributed by atoms with Gasteiger partial charge in [0, 0.05) is 28.8 Å². The van der Waals surface area contributed by atoms with E-state index >= 15 is 0 Å². The van der Waals surface area contributed by atoms with Gasteiger partial charge in [-0.25, -0.2) is 4.98 Å². The number of carbonyl (C=O) groups excluding carboxylic acids is 1. The molecule has 1 aromatic carbocycles. The van der Waals surface area contributed by atoms with Crippen LogP contribution < -0.4 is 5.32 Å². The Balaban J connectivity index is 1.51. The van der Waals surface area contributed by atoms with Gasteiger partial charge < -0.3 is 5.32 Å². The molecule has 24 heavy (non-hydrogen) atoms. The molecule has 3 rings (SSSR count). The summed E-state index contributed by atoms with van der Waals surface area (Å²) in [5.41, 5.74) is 2.15. The second kappa shape index (κ2) is 8.26. The summed E-state index contributed by atoms with van der Waals surface area (Å²) in [6.07, 6.45) is 4.28. The van der Waals surface area contributed by atoms with Gasteiger partial charge in [-0.15, -0.1) is 0 Å². The molecule has 0 spiro atoms. The number of hydrogen-bond acceptors (Lipinski definition) is 4. The lowest BCUT2D eigenvalue weighted by Crippen LogP contribution is -2.27. The van der Waals surface area contributed by atoms with Crippen molar-refractivity contribution in [3.8, 4) is 0 Å². The number of fused-ring (bicyclic) bond motifs is 1. The van der Waals surface area contributed by atoms with E-state index in [1.54, 1.807) is 12.4 Å². The highest BCUT2D eigenvalue weighted by atomic mass is 79.9. The molecule has 0 atom stereocenters. The summed E-state index contributed by atoms with van der Waals surface area (Å²) >= 11 is 4.85. The number of rotatable bonds is 6. The summed E-state index contributed by atoms with van der Waals surface area (Å²) in [5.74, 6) is 0.356. The molecule has 6 heteroatoms. The Labute approximate surface area is 153 Å². The van der Waals surface area contributed by atoms with Gasteiger partial charge in [0.05, 0.1) is 11.3 Å². The number of pyridine rings is 2. The van der Waals surface area contributed by atoms with Gasteiger partial charge in [-0.05, 0) is 46.1 Å². The SMILES string of the molecule is O=C(CSc1ncccc1Br)NCCc1cccc2cccnc12. The van der Waals surface area contributed by atoms with Crippen LogP contribution in [0.4, 0.5) is 0 Å². The molecular formula is C18H16BrN3OS. The summed E-state index contributed by atoms with van der Waals surface area (Å²) in [5, 5.41) is 4.90. The molecule has 1 amide bonds. The topological polar surface area (TPSA) is 54.9 Å². The van der Waals surface area contributed by atoms with Gasteiger partial charge >= 0.3 is 0 Å². The van der Waals surface area contributed by atoms with Crippen LogP contribution in [0.5, 0.6) is 0 Å². The van der Waals surface area contributed by atoms with Crippen LogP contribution in [0.3, 0.4) is 0 Å². The molecule has 3 aromatic rings. The van der Waals surface area contributed by atoms with E-state index < -0.39 is 0 Å². The Morgan fingerprint density at radius 3 is 2.75 bits per heavy atom. The molecule has 0 fully saturated rings. The second-order valence-electron chi connectivity index (χ2n) is 5.17. The van der Waals surface area contributed by atoms with Gasteiger partial charge in [0.1, 0.15) is 5.03 Å². The first-order chi connectivity index (χ1) is 11.7. The number of amides is 1. The lowest BCUT2D eigenvalue weighted by molar-refractivity contribution is -0.118. The maximum absolute atomic E-state index is 12.0. The van der Waals surface area contributed by atoms with Gasteiger partial charge in [0.2, 0.25) is 5.91 Å². The highest BCUT2D eigenvalue weighted by Crippen LogP contribution is 2.24. The molecule has 4 nitrogen and oxygen atoms in total. The molecule has 2 aromatic heterocycles. The average Bonchev–Trinajstić information content (AvgIpc) is 2.61. The Hall–Kier alpha value is -1.92. The number of para-hydroxylation sites is 1. The summed E-state index contributed by atoms with van der Waals surface area (Å²) in [4.78, 5) is 20.7. The van der Waals surface area contributed by atoms with Crippen molar-refractivity contribution >= 4 is 44.5 Å². The molecule has 0 unspecified atom stereocenters. The number of carbonyl (C=O) groups is 1. The van der Waals surface area contributed by atoms with Gasteiger partial charge in [-0.1, -0.05) is 36.0 Å². The van der Waals surface area contributed by atoms with Crippen molar-refractivity contribution in [3.63, 3.8) is 0 Å². The average molecular weight is 402 g/mol. The van der Waals surface area contributed by atoms with E-state index in [0.29, 0.717) is 12.3 Å². The molecule has 0 bridgehead atoms. The minimum atomic E-state index is 0.00532. The van der Waals surface area contributed by atoms with Gasteiger partial charge in [-0.3, -0.25) is 9.78 Å². The lowest BCUT2D eigenvalue weighted by Gasteiger charge is -2.07. The van der Waals surface area contributed by atoms with E-state index in [9.17, 15) is 4.79 Å². The second-order valence-corrected chi connectivity index (χ2v) is 6.99. The van der Waals surface area contributed by atoms with Crippen molar-refractivity contribution in [1.82, 2.24) is 15.3 Å². The number of thioether (sulfide) groups is 1. The number of nitrogens with one attached hydrogen (secondary N) is 1. The van der Waals surface area contributed by atoms with Crippen molar-refractivity contribution in [1.29, 1.82) is 0 Å². The Bertz CT molecular complexity index is 851. The lowest BCUT2D eigenvalue weighted by atomic mass is 10.1. The largest absolute Gasteiger partial charge is 0.355 e. The van der Waals surface area contributed by atoms with Gasteiger partial charge in [0.15, 0.2) is 0 Å². The zero-order valence-electron chi connectivity index (χ0n) is 12.9. The fourth-order valence-corrected chi connectivity index (χ4v) is 3.68. The monoisotopic (exact) mass is 401 g/mol. The van der Waals surface area contributed by atoms with Crippen LogP contribution in [0.25, 0.3) is 10.9 Å². The molecule has 122 valence electrons. The van der Waals surface area contributed by atoms with Crippen LogP contribution in [-0.4, -0.2) is 28.2 Å². The number of benzene rings is 1. The normalized spacial score (nSPS) is 10.7. The summed E-state index contributed by atoms with van der Waals surface area (Å²) < 4.78 is 0.907. The standard InChI is InChI=1S/C18H16BrN3OS/c19-15-7-3-10-22-18(15)24-12-16(23)20-11-8-14-5-1-4-13-6-2-9-21-17(13)14/h1-7,9-10H,8,11-12H2,(H,20,23). The first-order valence-corrected chi connectivity index (χ1v) is 9.34. The summed E-state index contributed by atoms with van der Waals surface area (Å²) in [6, 6.07) is 13.9. The molecule has 0 aliphatic rings. The van der Waals surface area contributed by atoms with E-state index in [1.165, 1.54) is 11.8 Å². The minimum absolute atomic E-state index is 0.00532. The zero-order valence-corrected chi connectivity index (χ0v) is 15.3. The fraction of sp³-hybridized carbons (Fsp3) is 0.167. The van der Waals surface area contributed by atoms with E-state index in [4.69, 9.17) is 0 Å². The third kappa shape index (κ3) is 4.33. The van der Waals surface area contributed by atoms with Crippen LogP contribution in [0.2, 0.25) is 0 Å². The minimum Gasteiger partial charge on any atom is -0.355 e. The number of hydrogen-bond donors (Lipinski definition) is 1. The number of nitrogens with zero attached hydrogens (tertiary/aromatic N) is 2. The molecule has 2 heterocycles. The van der Waals surface area contributed by atoms with Crippen molar-refractivity contribution in [2.75, 3.05) is 12.3 Å². The van der Waals surface area contributed by atoms with Crippen molar-refractivity contribution in [2.24, 2.45) is 0 Å². The smallest absolute Gasteiger partial charge is 0.230 e. The summed E-state index contributed by atoms with van der Waals surface area (Å²) in [7, 11) is 0. The predicted octanol–water partition coefficient (Wildman–Crippen LogP) is 3.84. The molecule has 0 radical (unpaired) electrons. The summed E-state index contributed by atoms with van der Waals surface area (Å²) in [6.45, 7) is 0.596. The quantitative estimate of drug-likeness (QED) is 0.637. The Kier molecular flexibility index (Phi) is 5.82. The first-order valence-electron chi connectivity index (χ1n) is 7.56. The molecule has 0 saturated heterocycles. The molecule has 1 N–H and O–H groups in total. The van der Waals surface area contributed by atoms with Crippen LogP contribution >= 0.6 is 27.7 Å². The molecule has 0 saturated carbocycles. The van der Waals surface area contributed by atoms with Crippen molar-refractivity contribution in [3.05, 3.63) is 64.9 Å². The molecule has 0 aliphatic heterocycles. The fourth-order valence-electron chi connectivity index (χ4n) is 2.37. The maximum atomic E-state index is 12.0. The van der Waals surface area contributed by atoms with E-state index in [2.05, 4.69) is 37.3 Å². The van der Waals surface area contributed by atoms with Gasteiger partial charge in [0.25, 0.3) is 0 Å². The zero-order chi connectivity index (χ0) is 16.8. The third-order valence-corrected chi connectivity index (χ3v) is 5.41. The number of aromatic nitrogens is 2. The molecule has 0 aliphatic carbocycles. The first kappa shape index (κ1) is 16.9. The van der Waals surface area contributed by atoms with E-state index in [1.807, 2.05) is 36.4 Å². The van der Waals surface area contributed by atoms with Crippen LogP contribution in [0.15, 0.2) is 64.4 Å². The maximum Gasteiger partial charge on any atom is 0.230 e. The van der Waals surface area contributed by atoms with Crippen LogP contribution in [0, 0.1) is 0 Å². The van der Waals surface area contributed by atoms with Crippen LogP contribution in [-0.2, 0) is 11.2 Å². The van der Waals surface area contributed by atoms with Crippen molar-refractivity contribution in [2.45, 2.75) is 11.4 Å². The van der Waals surface area contributed by atoms with E-state index in [-0.39, 0.29) is 5.91 Å². The molecular weight excluding hydrogens is 386 g/mol. The van der Waals surface area contributed by atoms with E-state index in [0.717, 1.165) is 32.4 Å². The Morgan fingerprint density at radius 2 is 1.88 bits per heavy atom. The number of halogens is 1. The Morgan fingerprint density at radius 1 is 1.08 bits per heavy atom. The van der Waals surface area contributed by atoms with Gasteiger partial charge in [-0.2, -0.15) is 0 Å². The van der Waals surface area contributed by atoms with Crippen LogP contribution in [0.1, 0.15) is 5.56 Å². The predicted molar refractivity (Wildman–Crippen MR) is 101 cm³/mol. The van der Waals surface area contributed by atoms with Crippen molar-refractivity contribution < 1.29 is 4.79 Å². The third-order valence-electron chi connectivity index (χ3n) is 3.50. The highest BCUT2D eigenvalue weighted by molar-refractivity contribution is 9.10.